The molecule has 0 aliphatic heterocycles. The zero-order chi connectivity index (χ0) is 24.1. The average molecular weight is 487 g/mol. The van der Waals surface area contributed by atoms with E-state index < -0.39 is 12.1 Å². The SMILES string of the molecule is [3H]PO[C@@H]1C[C@H](O)[C@H](CCCCCCC(=O)O)[C@H]1/C=C/[C@H](Cc1cccc(COC)c1)OP. The number of methoxy groups -OCH3 is 1. The lowest BCUT2D eigenvalue weighted by atomic mass is 9.87. The van der Waals surface area contributed by atoms with Gasteiger partial charge in [0.2, 0.25) is 0 Å². The summed E-state index contributed by atoms with van der Waals surface area (Å²) in [4.78, 5) is 10.7. The van der Waals surface area contributed by atoms with Gasteiger partial charge in [0, 0.05) is 51.2 Å². The maximum Gasteiger partial charge on any atom is 0.303 e. The highest BCUT2D eigenvalue weighted by Crippen LogP contribution is 2.39. The lowest BCUT2D eigenvalue weighted by molar-refractivity contribution is -0.137. The molecular formula is C24H38O6P2. The number of rotatable bonds is 16. The van der Waals surface area contributed by atoms with Crippen LogP contribution in [0.4, 0.5) is 0 Å². The quantitative estimate of drug-likeness (QED) is 0.200. The molecule has 6 nitrogen and oxygen atoms in total. The Kier molecular flexibility index (Phi) is 12.2. The number of aliphatic hydroxyl groups excluding tert-OH is 1. The van der Waals surface area contributed by atoms with Crippen molar-refractivity contribution in [1.29, 1.82) is 1.28 Å². The van der Waals surface area contributed by atoms with Crippen LogP contribution < -0.4 is 0 Å². The number of carbonyl (C=O) groups is 1. The number of hydrogen-bond donors (Lipinski definition) is 2. The van der Waals surface area contributed by atoms with E-state index in [4.69, 9.17) is 20.2 Å². The number of carboxylic acid groups (broad SMARTS) is 1. The van der Waals surface area contributed by atoms with E-state index in [1.54, 1.807) is 7.11 Å². The van der Waals surface area contributed by atoms with Crippen LogP contribution >= 0.6 is 18.9 Å². The van der Waals surface area contributed by atoms with Crippen LogP contribution in [0.3, 0.4) is 0 Å². The molecule has 1 aromatic rings. The third kappa shape index (κ3) is 9.17. The van der Waals surface area contributed by atoms with Crippen molar-refractivity contribution in [3.8, 4) is 0 Å². The molecule has 0 heterocycles. The molecule has 2 rings (SSSR count). The first-order chi connectivity index (χ1) is 16.0. The Morgan fingerprint density at radius 1 is 1.31 bits per heavy atom. The first kappa shape index (κ1) is 25.7. The van der Waals surface area contributed by atoms with E-state index in [1.807, 2.05) is 18.2 Å². The molecule has 0 radical (unpaired) electrons. The lowest BCUT2D eigenvalue weighted by Crippen LogP contribution is -2.21. The smallest absolute Gasteiger partial charge is 0.303 e. The molecule has 1 aliphatic carbocycles. The molecule has 32 heavy (non-hydrogen) atoms. The fourth-order valence-electron chi connectivity index (χ4n) is 4.55. The van der Waals surface area contributed by atoms with Crippen molar-refractivity contribution in [3.63, 3.8) is 0 Å². The molecule has 0 amide bonds. The van der Waals surface area contributed by atoms with E-state index >= 15 is 0 Å². The maximum atomic E-state index is 10.7. The third-order valence-electron chi connectivity index (χ3n) is 6.18. The van der Waals surface area contributed by atoms with Crippen molar-refractivity contribution in [2.24, 2.45) is 11.8 Å². The lowest BCUT2D eigenvalue weighted by Gasteiger charge is -2.23. The summed E-state index contributed by atoms with van der Waals surface area (Å²) in [5.74, 6) is -0.657. The number of benzene rings is 1. The van der Waals surface area contributed by atoms with E-state index in [0.717, 1.165) is 36.8 Å². The van der Waals surface area contributed by atoms with Crippen molar-refractivity contribution in [2.45, 2.75) is 76.3 Å². The number of aliphatic carboxylic acids is 1. The molecule has 1 aliphatic rings. The molecule has 0 saturated heterocycles. The van der Waals surface area contributed by atoms with Crippen molar-refractivity contribution in [3.05, 3.63) is 47.5 Å². The van der Waals surface area contributed by atoms with Crippen LogP contribution in [0.25, 0.3) is 0 Å². The predicted molar refractivity (Wildman–Crippen MR) is 132 cm³/mol. The molecule has 2 N–H and O–H groups in total. The monoisotopic (exact) mass is 486 g/mol. The summed E-state index contributed by atoms with van der Waals surface area (Å²) >= 11 is 0. The second-order valence-corrected chi connectivity index (χ2v) is 9.07. The summed E-state index contributed by atoms with van der Waals surface area (Å²) in [6.07, 6.45) is 9.17. The van der Waals surface area contributed by atoms with Gasteiger partial charge in [-0.25, -0.2) is 0 Å². The highest BCUT2D eigenvalue weighted by atomic mass is 31.0. The normalized spacial score (nSPS) is 25.0. The first-order valence-electron chi connectivity index (χ1n) is 11.8. The van der Waals surface area contributed by atoms with Crippen LogP contribution in [0, 0.1) is 11.8 Å². The molecular weight excluding hydrogens is 446 g/mol. The van der Waals surface area contributed by atoms with Crippen molar-refractivity contribution >= 4 is 24.8 Å². The predicted octanol–water partition coefficient (Wildman–Crippen LogP) is 4.70. The largest absolute Gasteiger partial charge is 0.481 e. The van der Waals surface area contributed by atoms with Crippen LogP contribution in [-0.4, -0.2) is 42.9 Å². The van der Waals surface area contributed by atoms with Crippen LogP contribution in [0.1, 0.15) is 56.1 Å². The molecule has 0 bridgehead atoms. The van der Waals surface area contributed by atoms with Gasteiger partial charge in [-0.15, -0.1) is 0 Å². The van der Waals surface area contributed by atoms with Gasteiger partial charge in [-0.3, -0.25) is 4.79 Å². The van der Waals surface area contributed by atoms with Gasteiger partial charge in [0.05, 0.1) is 26.2 Å². The molecule has 0 spiro atoms. The molecule has 1 fully saturated rings. The van der Waals surface area contributed by atoms with Crippen LogP contribution in [-0.2, 0) is 31.6 Å². The van der Waals surface area contributed by atoms with E-state index in [1.165, 1.54) is 0 Å². The number of aliphatic hydroxyl groups is 1. The Morgan fingerprint density at radius 2 is 2.09 bits per heavy atom. The topological polar surface area (TPSA) is 85.2 Å². The van der Waals surface area contributed by atoms with Gasteiger partial charge in [0.1, 0.15) is 0 Å². The van der Waals surface area contributed by atoms with Gasteiger partial charge in [0.25, 0.3) is 0 Å². The summed E-state index contributed by atoms with van der Waals surface area (Å²) in [6, 6.07) is 8.25. The van der Waals surface area contributed by atoms with E-state index in [2.05, 4.69) is 27.7 Å². The van der Waals surface area contributed by atoms with Gasteiger partial charge >= 0.3 is 5.97 Å². The molecule has 8 heteroatoms. The second kappa shape index (κ2) is 15.1. The van der Waals surface area contributed by atoms with Gasteiger partial charge < -0.3 is 24.0 Å². The first-order valence-corrected chi connectivity index (χ1v) is 12.2. The average Bonchev–Trinajstić information content (AvgIpc) is 3.08. The number of unbranched alkanes of at least 4 members (excludes halogenated alkanes) is 3. The summed E-state index contributed by atoms with van der Waals surface area (Å²) in [6.45, 7) is 0.570. The fraction of sp³-hybridized carbons (Fsp3) is 0.625. The van der Waals surface area contributed by atoms with E-state index in [0.29, 0.717) is 25.9 Å². The fourth-order valence-corrected chi connectivity index (χ4v) is 4.99. The molecule has 1 aromatic carbocycles. The van der Waals surface area contributed by atoms with Crippen molar-refractivity contribution in [1.82, 2.24) is 0 Å². The van der Waals surface area contributed by atoms with Crippen molar-refractivity contribution < 1.29 is 28.8 Å². The zero-order valence-corrected chi connectivity index (χ0v) is 21.0. The summed E-state index contributed by atoms with van der Waals surface area (Å²) in [7, 11) is 3.66. The third-order valence-corrected chi connectivity index (χ3v) is 6.84. The molecule has 7 atom stereocenters. The van der Waals surface area contributed by atoms with Crippen LogP contribution in [0.15, 0.2) is 36.4 Å². The summed E-state index contributed by atoms with van der Waals surface area (Å²) in [5.41, 5.74) is 2.28. The Balaban J connectivity index is 1.98. The zero-order valence-electron chi connectivity index (χ0n) is 19.8. The summed E-state index contributed by atoms with van der Waals surface area (Å²) < 4.78 is 24.0. The number of hydrogen-bond acceptors (Lipinski definition) is 5. The Hall–Kier alpha value is -0.870. The van der Waals surface area contributed by atoms with Crippen LogP contribution in [0.2, 0.25) is 0 Å². The molecule has 0 aromatic heterocycles. The Bertz CT molecular complexity index is 735. The highest BCUT2D eigenvalue weighted by molar-refractivity contribution is 7.10. The summed E-state index contributed by atoms with van der Waals surface area (Å²) in [5, 5.41) is 19.4. The van der Waals surface area contributed by atoms with Gasteiger partial charge in [-0.1, -0.05) is 55.7 Å². The minimum absolute atomic E-state index is 0.0272. The number of carboxylic acids is 1. The Labute approximate surface area is 198 Å². The molecule has 180 valence electrons. The second-order valence-electron chi connectivity index (χ2n) is 8.56. The standard InChI is InChI=1S/C24H38O6P2/c1-28-16-18-8-6-7-17(13-18)14-19(29-31)11-12-21-20(22(25)15-23(21)30-32)9-4-2-3-5-10-24(26)27/h6-8,11-13,19-23,25H,2-5,9-10,14-16,31-32H2,1H3,(H,26,27)/b12-11+/t19-,20-,21-,22+,23-/m1/s1/i32T/t19-,20-,21-,22+,23-,32?. The molecule has 1 saturated carbocycles. The van der Waals surface area contributed by atoms with Gasteiger partial charge in [0.15, 0.2) is 0 Å². The molecule has 2 unspecified atom stereocenters. The highest BCUT2D eigenvalue weighted by Gasteiger charge is 2.40. The number of ether oxygens (including phenoxy) is 1. The van der Waals surface area contributed by atoms with Crippen molar-refractivity contribution in [2.75, 3.05) is 7.11 Å². The van der Waals surface area contributed by atoms with E-state index in [-0.39, 0.29) is 39.9 Å². The minimum atomic E-state index is -0.751. The van der Waals surface area contributed by atoms with E-state index in [9.17, 15) is 9.90 Å². The minimum Gasteiger partial charge on any atom is -0.481 e. The van der Waals surface area contributed by atoms with Gasteiger partial charge in [-0.2, -0.15) is 0 Å². The van der Waals surface area contributed by atoms with Gasteiger partial charge in [-0.05, 0) is 29.9 Å². The Morgan fingerprint density at radius 3 is 2.81 bits per heavy atom. The maximum absolute atomic E-state index is 10.7. The van der Waals surface area contributed by atoms with Crippen LogP contribution in [0.5, 0.6) is 0 Å².